The average Bonchev–Trinajstić information content (AvgIpc) is 2.76. The largest absolute Gasteiger partial charge is 0.385 e. The van der Waals surface area contributed by atoms with Gasteiger partial charge in [0.15, 0.2) is 0 Å². The summed E-state index contributed by atoms with van der Waals surface area (Å²) in [5, 5.41) is 13.0. The van der Waals surface area contributed by atoms with Crippen LogP contribution in [0.25, 0.3) is 0 Å². The highest BCUT2D eigenvalue weighted by molar-refractivity contribution is 6.30. The Morgan fingerprint density at radius 2 is 1.81 bits per heavy atom. The monoisotopic (exact) mass is 312 g/mol. The predicted octanol–water partition coefficient (Wildman–Crippen LogP) is 2.50. The van der Waals surface area contributed by atoms with Crippen molar-refractivity contribution < 1.29 is 15.2 Å². The zero-order valence-electron chi connectivity index (χ0n) is 12.6. The molecule has 0 heterocycles. The number of halogens is 1. The van der Waals surface area contributed by atoms with Crippen LogP contribution >= 0.6 is 11.6 Å². The van der Waals surface area contributed by atoms with Gasteiger partial charge in [0.05, 0.1) is 19.3 Å². The second-order valence-corrected chi connectivity index (χ2v) is 6.45. The van der Waals surface area contributed by atoms with E-state index in [9.17, 15) is 5.11 Å². The maximum atomic E-state index is 9.99. The van der Waals surface area contributed by atoms with Crippen LogP contribution in [0.4, 0.5) is 0 Å². The molecule has 0 unspecified atom stereocenters. The van der Waals surface area contributed by atoms with Gasteiger partial charge in [-0.2, -0.15) is 0 Å². The number of hydrogen-bond donors (Lipinski definition) is 2. The molecule has 0 spiro atoms. The number of benzene rings is 1. The molecule has 118 valence electrons. The van der Waals surface area contributed by atoms with Crippen LogP contribution < -0.4 is 5.32 Å². The first-order chi connectivity index (χ1) is 10.2. The Bertz CT molecular complexity index is 388. The third-order valence-electron chi connectivity index (χ3n) is 4.13. The summed E-state index contributed by atoms with van der Waals surface area (Å²) in [7, 11) is 0. The summed E-state index contributed by atoms with van der Waals surface area (Å²) < 4.78 is 5.57. The van der Waals surface area contributed by atoms with E-state index in [-0.39, 0.29) is 6.10 Å². The minimum atomic E-state index is -0.388. The molecule has 3 nitrogen and oxygen atoms in total. The Morgan fingerprint density at radius 3 is 2.48 bits per heavy atom. The van der Waals surface area contributed by atoms with Gasteiger partial charge in [0.1, 0.15) is 12.6 Å². The molecule has 0 aliphatic heterocycles. The molecule has 0 saturated heterocycles. The van der Waals surface area contributed by atoms with Crippen LogP contribution in [-0.2, 0) is 11.3 Å². The average molecular weight is 313 g/mol. The number of aliphatic hydroxyl groups excluding tert-OH is 1. The topological polar surface area (TPSA) is 46.1 Å². The van der Waals surface area contributed by atoms with Crippen molar-refractivity contribution in [1.82, 2.24) is 0 Å². The van der Waals surface area contributed by atoms with Crippen molar-refractivity contribution in [3.63, 3.8) is 0 Å². The van der Waals surface area contributed by atoms with E-state index in [1.807, 2.05) is 24.3 Å². The van der Waals surface area contributed by atoms with Crippen molar-refractivity contribution in [3.8, 4) is 0 Å². The summed E-state index contributed by atoms with van der Waals surface area (Å²) in [4.78, 5) is 0. The molecule has 2 rings (SSSR count). The van der Waals surface area contributed by atoms with Gasteiger partial charge in [-0.25, -0.2) is 0 Å². The quantitative estimate of drug-likeness (QED) is 0.760. The molecule has 1 aliphatic rings. The van der Waals surface area contributed by atoms with Crippen molar-refractivity contribution in [2.75, 3.05) is 13.2 Å². The zero-order chi connectivity index (χ0) is 14.9. The van der Waals surface area contributed by atoms with E-state index in [1.54, 1.807) is 0 Å². The number of ether oxygens (including phenoxy) is 1. The van der Waals surface area contributed by atoms with Crippen molar-refractivity contribution >= 4 is 11.6 Å². The lowest BCUT2D eigenvalue weighted by Gasteiger charge is -2.16. The van der Waals surface area contributed by atoms with E-state index in [4.69, 9.17) is 16.3 Å². The van der Waals surface area contributed by atoms with Gasteiger partial charge in [0.25, 0.3) is 0 Å². The molecule has 1 aromatic rings. The molecular weight excluding hydrogens is 286 g/mol. The second-order valence-electron chi connectivity index (χ2n) is 6.02. The third-order valence-corrected chi connectivity index (χ3v) is 4.39. The van der Waals surface area contributed by atoms with Crippen molar-refractivity contribution in [2.24, 2.45) is 0 Å². The minimum absolute atomic E-state index is 0.388. The summed E-state index contributed by atoms with van der Waals surface area (Å²) in [5.74, 6) is 0. The lowest BCUT2D eigenvalue weighted by molar-refractivity contribution is -0.696. The fraction of sp³-hybridized carbons (Fsp3) is 0.647. The molecule has 1 fully saturated rings. The number of quaternary nitrogens is 1. The molecule has 0 bridgehead atoms. The molecule has 1 saturated carbocycles. The number of hydrogen-bond acceptors (Lipinski definition) is 2. The van der Waals surface area contributed by atoms with E-state index in [1.165, 1.54) is 38.5 Å². The fourth-order valence-electron chi connectivity index (χ4n) is 2.86. The molecule has 1 aliphatic carbocycles. The summed E-state index contributed by atoms with van der Waals surface area (Å²) >= 11 is 5.84. The van der Waals surface area contributed by atoms with Gasteiger partial charge in [-0.3, -0.25) is 0 Å². The van der Waals surface area contributed by atoms with Crippen LogP contribution in [0.15, 0.2) is 24.3 Å². The Hall–Kier alpha value is -0.610. The third kappa shape index (κ3) is 6.79. The van der Waals surface area contributed by atoms with Gasteiger partial charge < -0.3 is 15.2 Å². The van der Waals surface area contributed by atoms with Crippen LogP contribution in [0, 0.1) is 0 Å². The Kier molecular flexibility index (Phi) is 7.51. The summed E-state index contributed by atoms with van der Waals surface area (Å²) in [6.45, 7) is 1.66. The zero-order valence-corrected chi connectivity index (χ0v) is 13.4. The van der Waals surface area contributed by atoms with Crippen LogP contribution in [0.3, 0.4) is 0 Å². The van der Waals surface area contributed by atoms with E-state index in [0.29, 0.717) is 19.3 Å². The van der Waals surface area contributed by atoms with Crippen LogP contribution in [0.5, 0.6) is 0 Å². The highest BCUT2D eigenvalue weighted by Gasteiger charge is 2.16. The Morgan fingerprint density at radius 1 is 1.14 bits per heavy atom. The lowest BCUT2D eigenvalue weighted by Crippen LogP contribution is -2.91. The van der Waals surface area contributed by atoms with Crippen LogP contribution in [0.2, 0.25) is 5.02 Å². The molecular formula is C17H27ClNO2+. The number of aliphatic hydroxyl groups is 1. The molecule has 1 aromatic carbocycles. The van der Waals surface area contributed by atoms with Crippen molar-refractivity contribution in [2.45, 2.75) is 57.3 Å². The first-order valence-electron chi connectivity index (χ1n) is 8.07. The standard InChI is InChI=1S/C17H26ClNO2/c18-15-9-7-14(8-10-15)12-21-13-17(20)11-19-16-5-3-1-2-4-6-16/h7-10,16-17,19-20H,1-6,11-13H2/p+1/t17-/m0/s1. The molecule has 1 atom stereocenters. The predicted molar refractivity (Wildman–Crippen MR) is 85.4 cm³/mol. The van der Waals surface area contributed by atoms with Crippen molar-refractivity contribution in [1.29, 1.82) is 0 Å². The first-order valence-corrected chi connectivity index (χ1v) is 8.45. The summed E-state index contributed by atoms with van der Waals surface area (Å²) in [5.41, 5.74) is 1.08. The van der Waals surface area contributed by atoms with Crippen LogP contribution in [0.1, 0.15) is 44.1 Å². The summed E-state index contributed by atoms with van der Waals surface area (Å²) in [6, 6.07) is 8.31. The van der Waals surface area contributed by atoms with Gasteiger partial charge in [-0.15, -0.1) is 0 Å². The van der Waals surface area contributed by atoms with Gasteiger partial charge in [0.2, 0.25) is 0 Å². The Labute approximate surface area is 132 Å². The van der Waals surface area contributed by atoms with Crippen molar-refractivity contribution in [3.05, 3.63) is 34.9 Å². The first kappa shape index (κ1) is 16.8. The minimum Gasteiger partial charge on any atom is -0.385 e. The van der Waals surface area contributed by atoms with Gasteiger partial charge in [0, 0.05) is 5.02 Å². The Balaban J connectivity index is 1.58. The normalized spacial score (nSPS) is 18.4. The summed E-state index contributed by atoms with van der Waals surface area (Å²) in [6.07, 6.45) is 7.61. The fourth-order valence-corrected chi connectivity index (χ4v) is 2.98. The molecule has 0 aromatic heterocycles. The van der Waals surface area contributed by atoms with E-state index in [0.717, 1.165) is 17.1 Å². The van der Waals surface area contributed by atoms with Gasteiger partial charge >= 0.3 is 0 Å². The van der Waals surface area contributed by atoms with E-state index >= 15 is 0 Å². The van der Waals surface area contributed by atoms with E-state index < -0.39 is 0 Å². The van der Waals surface area contributed by atoms with Gasteiger partial charge in [-0.05, 0) is 43.4 Å². The second kappa shape index (κ2) is 9.42. The highest BCUT2D eigenvalue weighted by Crippen LogP contribution is 2.14. The van der Waals surface area contributed by atoms with Gasteiger partial charge in [-0.1, -0.05) is 36.6 Å². The SMILES string of the molecule is O[C@@H](C[NH2+]C1CCCCCC1)COCc1ccc(Cl)cc1. The molecule has 21 heavy (non-hydrogen) atoms. The number of rotatable bonds is 7. The molecule has 3 N–H and O–H groups in total. The molecule has 4 heteroatoms. The lowest BCUT2D eigenvalue weighted by atomic mass is 10.1. The maximum absolute atomic E-state index is 9.99. The van der Waals surface area contributed by atoms with E-state index in [2.05, 4.69) is 5.32 Å². The van der Waals surface area contributed by atoms with Crippen LogP contribution in [-0.4, -0.2) is 30.4 Å². The smallest absolute Gasteiger partial charge is 0.126 e. The molecule has 0 amide bonds. The molecule has 0 radical (unpaired) electrons. The highest BCUT2D eigenvalue weighted by atomic mass is 35.5. The number of nitrogens with two attached hydrogens (primary N) is 1. The maximum Gasteiger partial charge on any atom is 0.126 e.